The summed E-state index contributed by atoms with van der Waals surface area (Å²) in [5, 5.41) is 3.31. The molecule has 0 aliphatic rings. The van der Waals surface area contributed by atoms with Gasteiger partial charge in [0.15, 0.2) is 0 Å². The second-order valence-electron chi connectivity index (χ2n) is 3.32. The molecule has 0 heterocycles. The number of rotatable bonds is 10. The van der Waals surface area contributed by atoms with Crippen LogP contribution < -0.4 is 5.32 Å². The Hall–Kier alpha value is -0.150. The summed E-state index contributed by atoms with van der Waals surface area (Å²) in [5.41, 5.74) is 0. The van der Waals surface area contributed by atoms with Crippen molar-refractivity contribution in [1.82, 2.24) is 5.32 Å². The van der Waals surface area contributed by atoms with E-state index >= 15 is 0 Å². The van der Waals surface area contributed by atoms with Crippen LogP contribution in [0.4, 0.5) is 0 Å². The first-order chi connectivity index (χ1) is 6.81. The van der Waals surface area contributed by atoms with Gasteiger partial charge in [-0.05, 0) is 25.8 Å². The first-order valence-electron chi connectivity index (χ1n) is 5.47. The lowest BCUT2D eigenvalue weighted by molar-refractivity contribution is 0.619. The molecule has 0 aromatic rings. The van der Waals surface area contributed by atoms with Crippen molar-refractivity contribution in [2.45, 2.75) is 32.6 Å². The minimum atomic E-state index is -0.613. The smallest absolute Gasteiger partial charge is 0.0359 e. The minimum absolute atomic E-state index is 0.613. The summed E-state index contributed by atoms with van der Waals surface area (Å²) in [4.78, 5) is 0. The van der Waals surface area contributed by atoms with Crippen molar-refractivity contribution in [2.75, 3.05) is 24.6 Å². The Bertz CT molecular complexity index is 159. The molecule has 3 heteroatoms. The summed E-state index contributed by atoms with van der Waals surface area (Å²) < 4.78 is 11.0. The van der Waals surface area contributed by atoms with Gasteiger partial charge >= 0.3 is 0 Å². The van der Waals surface area contributed by atoms with E-state index in [1.807, 2.05) is 13.0 Å². The topological polar surface area (TPSA) is 29.1 Å². The predicted molar refractivity (Wildman–Crippen MR) is 65.1 cm³/mol. The molecule has 0 rings (SSSR count). The number of unbranched alkanes of at least 4 members (excludes halogenated alkanes) is 3. The summed E-state index contributed by atoms with van der Waals surface area (Å²) in [5.74, 6) is 1.57. The maximum Gasteiger partial charge on any atom is 0.0359 e. The molecule has 0 spiro atoms. The Labute approximate surface area is 90.6 Å². The van der Waals surface area contributed by atoms with E-state index in [1.54, 1.807) is 0 Å². The summed E-state index contributed by atoms with van der Waals surface area (Å²) in [7, 11) is -0.613. The van der Waals surface area contributed by atoms with Gasteiger partial charge in [0.2, 0.25) is 0 Å². The molecule has 0 aromatic carbocycles. The average Bonchev–Trinajstić information content (AvgIpc) is 2.21. The molecule has 0 saturated carbocycles. The standard InChI is InChI=1S/C11H23NOS/c1-3-5-6-7-8-9-12-10-11-14(13)4-2/h3,12H,1,4-11H2,2H3. The molecule has 0 aliphatic carbocycles. The van der Waals surface area contributed by atoms with Gasteiger partial charge in [-0.25, -0.2) is 0 Å². The number of hydrogen-bond acceptors (Lipinski definition) is 2. The van der Waals surface area contributed by atoms with Gasteiger partial charge < -0.3 is 5.32 Å². The van der Waals surface area contributed by atoms with E-state index in [9.17, 15) is 4.21 Å². The molecular formula is C11H23NOS. The highest BCUT2D eigenvalue weighted by atomic mass is 32.2. The molecule has 0 fully saturated rings. The zero-order valence-electron chi connectivity index (χ0n) is 9.26. The lowest BCUT2D eigenvalue weighted by Gasteiger charge is -2.03. The summed E-state index contributed by atoms with van der Waals surface area (Å²) >= 11 is 0. The second kappa shape index (κ2) is 10.9. The highest BCUT2D eigenvalue weighted by Gasteiger charge is 1.94. The van der Waals surface area contributed by atoms with Gasteiger partial charge in [0.1, 0.15) is 0 Å². The van der Waals surface area contributed by atoms with Crippen molar-refractivity contribution in [2.24, 2.45) is 0 Å². The molecule has 0 bridgehead atoms. The molecule has 0 amide bonds. The normalized spacial score (nSPS) is 12.6. The van der Waals surface area contributed by atoms with Gasteiger partial charge in [-0.2, -0.15) is 0 Å². The van der Waals surface area contributed by atoms with Crippen LogP contribution in [-0.2, 0) is 10.8 Å². The van der Waals surface area contributed by atoms with Crippen LogP contribution in [0.5, 0.6) is 0 Å². The van der Waals surface area contributed by atoms with Crippen LogP contribution in [0.1, 0.15) is 32.6 Å². The predicted octanol–water partition coefficient (Wildman–Crippen LogP) is 2.09. The maximum atomic E-state index is 11.0. The lowest BCUT2D eigenvalue weighted by atomic mass is 10.2. The Morgan fingerprint density at radius 1 is 1.29 bits per heavy atom. The Balaban J connectivity index is 2.98. The molecule has 84 valence electrons. The fourth-order valence-corrected chi connectivity index (χ4v) is 1.83. The third-order valence-electron chi connectivity index (χ3n) is 2.09. The minimum Gasteiger partial charge on any atom is -0.316 e. The average molecular weight is 217 g/mol. The first kappa shape index (κ1) is 13.8. The van der Waals surface area contributed by atoms with E-state index in [0.29, 0.717) is 0 Å². The fraction of sp³-hybridized carbons (Fsp3) is 0.818. The van der Waals surface area contributed by atoms with Gasteiger partial charge in [-0.1, -0.05) is 19.4 Å². The van der Waals surface area contributed by atoms with Gasteiger partial charge in [-0.15, -0.1) is 6.58 Å². The molecule has 0 aromatic heterocycles. The quantitative estimate of drug-likeness (QED) is 0.448. The van der Waals surface area contributed by atoms with Crippen LogP contribution in [0.15, 0.2) is 12.7 Å². The molecule has 1 atom stereocenters. The molecule has 1 unspecified atom stereocenters. The van der Waals surface area contributed by atoms with Crippen LogP contribution >= 0.6 is 0 Å². The van der Waals surface area contributed by atoms with Gasteiger partial charge in [-0.3, -0.25) is 4.21 Å². The van der Waals surface area contributed by atoms with Crippen molar-refractivity contribution in [3.05, 3.63) is 12.7 Å². The summed E-state index contributed by atoms with van der Waals surface area (Å²) in [6.45, 7) is 7.60. The van der Waals surface area contributed by atoms with Gasteiger partial charge in [0, 0.05) is 28.9 Å². The van der Waals surface area contributed by atoms with Crippen molar-refractivity contribution < 1.29 is 4.21 Å². The molecule has 1 N–H and O–H groups in total. The van der Waals surface area contributed by atoms with Crippen molar-refractivity contribution in [3.63, 3.8) is 0 Å². The molecule has 0 saturated heterocycles. The van der Waals surface area contributed by atoms with E-state index in [1.165, 1.54) is 19.3 Å². The van der Waals surface area contributed by atoms with Crippen molar-refractivity contribution in [3.8, 4) is 0 Å². The van der Waals surface area contributed by atoms with E-state index in [2.05, 4.69) is 11.9 Å². The van der Waals surface area contributed by atoms with E-state index in [-0.39, 0.29) is 0 Å². The van der Waals surface area contributed by atoms with Crippen LogP contribution in [0.25, 0.3) is 0 Å². The van der Waals surface area contributed by atoms with Crippen LogP contribution in [-0.4, -0.2) is 28.8 Å². The van der Waals surface area contributed by atoms with Crippen LogP contribution in [0.3, 0.4) is 0 Å². The first-order valence-corrected chi connectivity index (χ1v) is 6.96. The van der Waals surface area contributed by atoms with E-state index in [0.717, 1.165) is 31.0 Å². The summed E-state index contributed by atoms with van der Waals surface area (Å²) in [6, 6.07) is 0. The molecular weight excluding hydrogens is 194 g/mol. The van der Waals surface area contributed by atoms with Gasteiger partial charge in [0.25, 0.3) is 0 Å². The SMILES string of the molecule is C=CCCCCCNCCS(=O)CC. The maximum absolute atomic E-state index is 11.0. The van der Waals surface area contributed by atoms with Crippen LogP contribution in [0, 0.1) is 0 Å². The fourth-order valence-electron chi connectivity index (χ4n) is 1.17. The highest BCUT2D eigenvalue weighted by molar-refractivity contribution is 7.84. The second-order valence-corrected chi connectivity index (χ2v) is 5.19. The summed E-state index contributed by atoms with van der Waals surface area (Å²) in [6.07, 6.45) is 6.81. The largest absolute Gasteiger partial charge is 0.316 e. The molecule has 0 aliphatic heterocycles. The number of nitrogens with one attached hydrogen (secondary N) is 1. The number of hydrogen-bond donors (Lipinski definition) is 1. The zero-order valence-corrected chi connectivity index (χ0v) is 10.1. The zero-order chi connectivity index (χ0) is 10.6. The Morgan fingerprint density at radius 3 is 2.71 bits per heavy atom. The lowest BCUT2D eigenvalue weighted by Crippen LogP contribution is -2.22. The molecule has 0 radical (unpaired) electrons. The third kappa shape index (κ3) is 9.93. The Kier molecular flexibility index (Phi) is 10.8. The molecule has 14 heavy (non-hydrogen) atoms. The van der Waals surface area contributed by atoms with Crippen LogP contribution in [0.2, 0.25) is 0 Å². The van der Waals surface area contributed by atoms with E-state index < -0.39 is 10.8 Å². The van der Waals surface area contributed by atoms with Crippen molar-refractivity contribution >= 4 is 10.8 Å². The monoisotopic (exact) mass is 217 g/mol. The van der Waals surface area contributed by atoms with Gasteiger partial charge in [0.05, 0.1) is 0 Å². The highest BCUT2D eigenvalue weighted by Crippen LogP contribution is 1.98. The van der Waals surface area contributed by atoms with E-state index in [4.69, 9.17) is 0 Å². The number of allylic oxidation sites excluding steroid dienone is 1. The van der Waals surface area contributed by atoms with Crippen molar-refractivity contribution in [1.29, 1.82) is 0 Å². The molecule has 2 nitrogen and oxygen atoms in total. The third-order valence-corrected chi connectivity index (χ3v) is 3.39. The Morgan fingerprint density at radius 2 is 2.07 bits per heavy atom.